The third-order valence-electron chi connectivity index (χ3n) is 4.71. The highest BCUT2D eigenvalue weighted by atomic mass is 32.2. The Labute approximate surface area is 176 Å². The van der Waals surface area contributed by atoms with Crippen LogP contribution in [0.5, 0.6) is 5.75 Å². The van der Waals surface area contributed by atoms with Crippen molar-refractivity contribution in [1.29, 1.82) is 0 Å². The highest BCUT2D eigenvalue weighted by molar-refractivity contribution is 8.01. The minimum Gasteiger partial charge on any atom is -0.497 e. The molecule has 0 bridgehead atoms. The van der Waals surface area contributed by atoms with Crippen LogP contribution in [-0.4, -0.2) is 34.8 Å². The van der Waals surface area contributed by atoms with E-state index in [2.05, 4.69) is 27.6 Å². The SMILES string of the molecule is COc1cccc(C(=O)CSc2nnc(NC(=O)C3C[C@H]3c3ccccc3)s2)c1. The Balaban J connectivity index is 1.28. The van der Waals surface area contributed by atoms with E-state index in [1.165, 1.54) is 28.7 Å². The number of hydrogen-bond acceptors (Lipinski definition) is 7. The molecule has 0 radical (unpaired) electrons. The van der Waals surface area contributed by atoms with Crippen molar-refractivity contribution in [3.8, 4) is 5.75 Å². The summed E-state index contributed by atoms with van der Waals surface area (Å²) in [6.45, 7) is 0. The molecule has 4 rings (SSSR count). The number of carbonyl (C=O) groups excluding carboxylic acids is 2. The fourth-order valence-corrected chi connectivity index (χ4v) is 4.73. The first-order chi connectivity index (χ1) is 14.1. The molecule has 8 heteroatoms. The number of ether oxygens (including phenoxy) is 1. The number of hydrogen-bond donors (Lipinski definition) is 1. The number of nitrogens with one attached hydrogen (secondary N) is 1. The van der Waals surface area contributed by atoms with E-state index in [0.29, 0.717) is 20.8 Å². The summed E-state index contributed by atoms with van der Waals surface area (Å²) in [7, 11) is 1.57. The van der Waals surface area contributed by atoms with Crippen molar-refractivity contribution in [2.75, 3.05) is 18.2 Å². The Morgan fingerprint density at radius 2 is 2.00 bits per heavy atom. The number of ketones is 1. The maximum absolute atomic E-state index is 12.4. The summed E-state index contributed by atoms with van der Waals surface area (Å²) in [5.41, 5.74) is 1.78. The maximum atomic E-state index is 12.4. The number of amides is 1. The monoisotopic (exact) mass is 425 g/mol. The van der Waals surface area contributed by atoms with Gasteiger partial charge in [-0.15, -0.1) is 10.2 Å². The second-order valence-electron chi connectivity index (χ2n) is 6.67. The number of Topliss-reactive ketones (excluding diaryl/α,β-unsaturated/α-hetero) is 1. The molecule has 1 amide bonds. The van der Waals surface area contributed by atoms with Gasteiger partial charge in [-0.05, 0) is 30.0 Å². The molecule has 2 aromatic carbocycles. The third-order valence-corrected chi connectivity index (χ3v) is 6.68. The maximum Gasteiger partial charge on any atom is 0.229 e. The summed E-state index contributed by atoms with van der Waals surface area (Å²) in [6, 6.07) is 17.1. The average molecular weight is 426 g/mol. The lowest BCUT2D eigenvalue weighted by atomic mass is 10.1. The summed E-state index contributed by atoms with van der Waals surface area (Å²) in [5.74, 6) is 1.10. The van der Waals surface area contributed by atoms with Crippen molar-refractivity contribution < 1.29 is 14.3 Å². The van der Waals surface area contributed by atoms with E-state index in [1.54, 1.807) is 31.4 Å². The molecule has 0 spiro atoms. The fourth-order valence-electron chi connectivity index (χ4n) is 3.08. The van der Waals surface area contributed by atoms with Crippen molar-refractivity contribution >= 4 is 39.9 Å². The molecule has 1 N–H and O–H groups in total. The van der Waals surface area contributed by atoms with E-state index in [-0.39, 0.29) is 29.3 Å². The smallest absolute Gasteiger partial charge is 0.229 e. The van der Waals surface area contributed by atoms with Crippen LogP contribution in [0.2, 0.25) is 0 Å². The van der Waals surface area contributed by atoms with Crippen LogP contribution in [-0.2, 0) is 4.79 Å². The van der Waals surface area contributed by atoms with Crippen LogP contribution < -0.4 is 10.1 Å². The first-order valence-corrected chi connectivity index (χ1v) is 10.9. The molecular formula is C21H19N3O3S2. The van der Waals surface area contributed by atoms with Gasteiger partial charge in [0.25, 0.3) is 0 Å². The highest BCUT2D eigenvalue weighted by Crippen LogP contribution is 2.48. The summed E-state index contributed by atoms with van der Waals surface area (Å²) >= 11 is 2.59. The Morgan fingerprint density at radius 1 is 1.17 bits per heavy atom. The zero-order valence-corrected chi connectivity index (χ0v) is 17.3. The number of nitrogens with zero attached hydrogens (tertiary/aromatic N) is 2. The van der Waals surface area contributed by atoms with Gasteiger partial charge in [0.15, 0.2) is 10.1 Å². The van der Waals surface area contributed by atoms with Gasteiger partial charge in [-0.25, -0.2) is 0 Å². The Morgan fingerprint density at radius 3 is 2.79 bits per heavy atom. The molecule has 0 saturated heterocycles. The number of carbonyl (C=O) groups is 2. The van der Waals surface area contributed by atoms with E-state index in [0.717, 1.165) is 6.42 Å². The molecule has 1 fully saturated rings. The Bertz CT molecular complexity index is 1020. The second-order valence-corrected chi connectivity index (χ2v) is 8.87. The molecule has 1 aliphatic rings. The normalized spacial score (nSPS) is 17.6. The van der Waals surface area contributed by atoms with Gasteiger partial charge in [-0.3, -0.25) is 9.59 Å². The molecule has 29 heavy (non-hydrogen) atoms. The summed E-state index contributed by atoms with van der Waals surface area (Å²) in [5, 5.41) is 11.4. The topological polar surface area (TPSA) is 81.2 Å². The highest BCUT2D eigenvalue weighted by Gasteiger charge is 2.44. The third kappa shape index (κ3) is 4.83. The van der Waals surface area contributed by atoms with Gasteiger partial charge < -0.3 is 10.1 Å². The standard InChI is InChI=1S/C21H19N3O3S2/c1-27-15-9-5-8-14(10-15)18(25)12-28-21-24-23-20(29-21)22-19(26)17-11-16(17)13-6-3-2-4-7-13/h2-10,16-17H,11-12H2,1H3,(H,22,23,26)/t16-,17?/m0/s1. The lowest BCUT2D eigenvalue weighted by Crippen LogP contribution is -2.14. The van der Waals surface area contributed by atoms with Crippen LogP contribution >= 0.6 is 23.1 Å². The zero-order valence-electron chi connectivity index (χ0n) is 15.7. The van der Waals surface area contributed by atoms with Crippen LogP contribution in [0, 0.1) is 5.92 Å². The summed E-state index contributed by atoms with van der Waals surface area (Å²) in [6.07, 6.45) is 0.852. The minimum absolute atomic E-state index is 0.0154. The lowest BCUT2D eigenvalue weighted by Gasteiger charge is -2.02. The van der Waals surface area contributed by atoms with Crippen LogP contribution in [0.3, 0.4) is 0 Å². The average Bonchev–Trinajstić information content (AvgIpc) is 3.46. The lowest BCUT2D eigenvalue weighted by molar-refractivity contribution is -0.117. The van der Waals surface area contributed by atoms with Crippen molar-refractivity contribution in [2.45, 2.75) is 16.7 Å². The summed E-state index contributed by atoms with van der Waals surface area (Å²) in [4.78, 5) is 24.8. The first-order valence-electron chi connectivity index (χ1n) is 9.13. The number of thioether (sulfide) groups is 1. The van der Waals surface area contributed by atoms with Gasteiger partial charge in [0.2, 0.25) is 11.0 Å². The van der Waals surface area contributed by atoms with Gasteiger partial charge in [-0.1, -0.05) is 65.6 Å². The number of benzene rings is 2. The molecule has 0 aliphatic heterocycles. The van der Waals surface area contributed by atoms with E-state index in [1.807, 2.05) is 18.2 Å². The van der Waals surface area contributed by atoms with Crippen molar-refractivity contribution in [1.82, 2.24) is 10.2 Å². The van der Waals surface area contributed by atoms with Crippen molar-refractivity contribution in [3.05, 3.63) is 65.7 Å². The molecule has 1 heterocycles. The van der Waals surface area contributed by atoms with Crippen LogP contribution in [0.15, 0.2) is 58.9 Å². The van der Waals surface area contributed by atoms with Crippen LogP contribution in [0.4, 0.5) is 5.13 Å². The molecule has 6 nitrogen and oxygen atoms in total. The predicted molar refractivity (Wildman–Crippen MR) is 114 cm³/mol. The number of methoxy groups -OCH3 is 1. The second kappa shape index (κ2) is 8.75. The zero-order chi connectivity index (χ0) is 20.2. The molecule has 2 atom stereocenters. The first kappa shape index (κ1) is 19.6. The molecule has 1 aromatic heterocycles. The van der Waals surface area contributed by atoms with Crippen molar-refractivity contribution in [2.24, 2.45) is 5.92 Å². The van der Waals surface area contributed by atoms with Gasteiger partial charge in [0.1, 0.15) is 5.75 Å². The van der Waals surface area contributed by atoms with E-state index in [9.17, 15) is 9.59 Å². The van der Waals surface area contributed by atoms with E-state index in [4.69, 9.17) is 4.74 Å². The van der Waals surface area contributed by atoms with Gasteiger partial charge in [-0.2, -0.15) is 0 Å². The molecule has 1 aliphatic carbocycles. The number of rotatable bonds is 8. The molecular weight excluding hydrogens is 406 g/mol. The quantitative estimate of drug-likeness (QED) is 0.330. The Kier molecular flexibility index (Phi) is 5.92. The van der Waals surface area contributed by atoms with E-state index < -0.39 is 0 Å². The molecule has 1 saturated carbocycles. The van der Waals surface area contributed by atoms with Gasteiger partial charge in [0, 0.05) is 11.5 Å². The number of aromatic nitrogens is 2. The van der Waals surface area contributed by atoms with Crippen LogP contribution in [0.1, 0.15) is 28.3 Å². The van der Waals surface area contributed by atoms with Gasteiger partial charge >= 0.3 is 0 Å². The molecule has 3 aromatic rings. The largest absolute Gasteiger partial charge is 0.497 e. The molecule has 148 valence electrons. The van der Waals surface area contributed by atoms with Crippen LogP contribution in [0.25, 0.3) is 0 Å². The Hall–Kier alpha value is -2.71. The molecule has 1 unspecified atom stereocenters. The fraction of sp³-hybridized carbons (Fsp3) is 0.238. The van der Waals surface area contributed by atoms with Crippen molar-refractivity contribution in [3.63, 3.8) is 0 Å². The minimum atomic E-state index is -0.0287. The number of anilines is 1. The van der Waals surface area contributed by atoms with Gasteiger partial charge in [0.05, 0.1) is 12.9 Å². The predicted octanol–water partition coefficient (Wildman–Crippen LogP) is 4.26. The van der Waals surface area contributed by atoms with E-state index >= 15 is 0 Å². The summed E-state index contributed by atoms with van der Waals surface area (Å²) < 4.78 is 5.79.